The Bertz CT molecular complexity index is 320. The fourth-order valence-corrected chi connectivity index (χ4v) is 2.06. The lowest BCUT2D eigenvalue weighted by Crippen LogP contribution is -2.34. The Morgan fingerprint density at radius 3 is 2.44 bits per heavy atom. The summed E-state index contributed by atoms with van der Waals surface area (Å²) in [5.74, 6) is 0.767. The van der Waals surface area contributed by atoms with E-state index in [4.69, 9.17) is 9.84 Å². The summed E-state index contributed by atoms with van der Waals surface area (Å²) in [7, 11) is 0. The van der Waals surface area contributed by atoms with Crippen molar-refractivity contribution in [3.63, 3.8) is 0 Å². The summed E-state index contributed by atoms with van der Waals surface area (Å²) in [6.07, 6.45) is 3.54. The molecule has 1 aliphatic carbocycles. The highest BCUT2D eigenvalue weighted by Crippen LogP contribution is 2.24. The second-order valence-electron chi connectivity index (χ2n) is 4.31. The standard InChI is InChI=1S/C13H18O3/c14-9-10-5-7-11(8-6-10)16-13-4-2-1-3-12(13)15/h5-8,12-15H,1-4,9H2/t12-,13-/m1/s1. The van der Waals surface area contributed by atoms with Crippen molar-refractivity contribution in [1.82, 2.24) is 0 Å². The molecule has 0 aliphatic heterocycles. The van der Waals surface area contributed by atoms with Crippen molar-refractivity contribution >= 4 is 0 Å². The van der Waals surface area contributed by atoms with E-state index in [1.54, 1.807) is 0 Å². The van der Waals surface area contributed by atoms with Crippen LogP contribution in [0.5, 0.6) is 5.75 Å². The summed E-state index contributed by atoms with van der Waals surface area (Å²) in [6.45, 7) is 0.0479. The predicted octanol–water partition coefficient (Wildman–Crippen LogP) is 1.86. The molecule has 88 valence electrons. The van der Waals surface area contributed by atoms with Crippen LogP contribution in [0.2, 0.25) is 0 Å². The smallest absolute Gasteiger partial charge is 0.124 e. The summed E-state index contributed by atoms with van der Waals surface area (Å²) in [5.41, 5.74) is 0.872. The molecule has 0 bridgehead atoms. The number of aliphatic hydroxyl groups excluding tert-OH is 2. The zero-order valence-corrected chi connectivity index (χ0v) is 9.30. The molecule has 1 aromatic rings. The maximum absolute atomic E-state index is 9.77. The molecule has 0 spiro atoms. The highest BCUT2D eigenvalue weighted by atomic mass is 16.5. The van der Waals surface area contributed by atoms with Crippen molar-refractivity contribution < 1.29 is 14.9 Å². The first-order valence-electron chi connectivity index (χ1n) is 5.84. The second-order valence-corrected chi connectivity index (χ2v) is 4.31. The molecule has 1 fully saturated rings. The Hall–Kier alpha value is -1.06. The average molecular weight is 222 g/mol. The topological polar surface area (TPSA) is 49.7 Å². The van der Waals surface area contributed by atoms with E-state index in [2.05, 4.69) is 0 Å². The number of hydrogen-bond acceptors (Lipinski definition) is 3. The minimum Gasteiger partial charge on any atom is -0.488 e. The van der Waals surface area contributed by atoms with Crippen molar-refractivity contribution in [2.75, 3.05) is 0 Å². The summed E-state index contributed by atoms with van der Waals surface area (Å²) < 4.78 is 5.74. The van der Waals surface area contributed by atoms with Crippen LogP contribution >= 0.6 is 0 Å². The van der Waals surface area contributed by atoms with Crippen molar-refractivity contribution in [2.24, 2.45) is 0 Å². The molecule has 0 unspecified atom stereocenters. The van der Waals surface area contributed by atoms with Gasteiger partial charge in [0.25, 0.3) is 0 Å². The van der Waals surface area contributed by atoms with Crippen LogP contribution in [0, 0.1) is 0 Å². The highest BCUT2D eigenvalue weighted by Gasteiger charge is 2.24. The van der Waals surface area contributed by atoms with Gasteiger partial charge in [0, 0.05) is 0 Å². The lowest BCUT2D eigenvalue weighted by molar-refractivity contribution is 0.00686. The number of rotatable bonds is 3. The van der Waals surface area contributed by atoms with E-state index < -0.39 is 0 Å². The third-order valence-electron chi connectivity index (χ3n) is 3.06. The van der Waals surface area contributed by atoms with Gasteiger partial charge in [-0.15, -0.1) is 0 Å². The quantitative estimate of drug-likeness (QED) is 0.820. The monoisotopic (exact) mass is 222 g/mol. The first-order valence-corrected chi connectivity index (χ1v) is 5.84. The lowest BCUT2D eigenvalue weighted by atomic mass is 9.95. The van der Waals surface area contributed by atoms with E-state index in [1.165, 1.54) is 0 Å². The molecular weight excluding hydrogens is 204 g/mol. The molecule has 0 heterocycles. The van der Waals surface area contributed by atoms with Crippen LogP contribution < -0.4 is 4.74 Å². The van der Waals surface area contributed by atoms with Crippen molar-refractivity contribution in [1.29, 1.82) is 0 Å². The Morgan fingerprint density at radius 2 is 1.81 bits per heavy atom. The van der Waals surface area contributed by atoms with Crippen LogP contribution in [0.1, 0.15) is 31.2 Å². The molecule has 0 radical (unpaired) electrons. The summed E-state index contributed by atoms with van der Waals surface area (Å²) >= 11 is 0. The predicted molar refractivity (Wildman–Crippen MR) is 61.3 cm³/mol. The lowest BCUT2D eigenvalue weighted by Gasteiger charge is -2.28. The number of hydrogen-bond donors (Lipinski definition) is 2. The van der Waals surface area contributed by atoms with Crippen LogP contribution in [-0.4, -0.2) is 22.4 Å². The SMILES string of the molecule is OCc1ccc(O[C@@H]2CCCC[C@H]2O)cc1. The minimum atomic E-state index is -0.341. The highest BCUT2D eigenvalue weighted by molar-refractivity contribution is 5.27. The Balaban J connectivity index is 1.96. The van der Waals surface area contributed by atoms with Crippen LogP contribution in [0.15, 0.2) is 24.3 Å². The Kier molecular flexibility index (Phi) is 3.80. The molecule has 16 heavy (non-hydrogen) atoms. The molecule has 2 rings (SSSR count). The minimum absolute atomic E-state index is 0.0479. The Labute approximate surface area is 95.7 Å². The molecule has 0 saturated heterocycles. The summed E-state index contributed by atoms with van der Waals surface area (Å²) in [4.78, 5) is 0. The maximum atomic E-state index is 9.77. The van der Waals surface area contributed by atoms with Gasteiger partial charge in [0.2, 0.25) is 0 Å². The van der Waals surface area contributed by atoms with Crippen LogP contribution in [-0.2, 0) is 6.61 Å². The largest absolute Gasteiger partial charge is 0.488 e. The first-order chi connectivity index (χ1) is 7.79. The molecule has 0 aromatic heterocycles. The van der Waals surface area contributed by atoms with Gasteiger partial charge in [-0.2, -0.15) is 0 Å². The maximum Gasteiger partial charge on any atom is 0.124 e. The van der Waals surface area contributed by atoms with Gasteiger partial charge >= 0.3 is 0 Å². The van der Waals surface area contributed by atoms with E-state index in [0.29, 0.717) is 0 Å². The van der Waals surface area contributed by atoms with Gasteiger partial charge < -0.3 is 14.9 Å². The molecular formula is C13H18O3. The normalized spacial score (nSPS) is 25.4. The van der Waals surface area contributed by atoms with Crippen molar-refractivity contribution in [3.8, 4) is 5.75 Å². The first kappa shape index (κ1) is 11.4. The average Bonchev–Trinajstić information content (AvgIpc) is 2.33. The van der Waals surface area contributed by atoms with Gasteiger partial charge in [-0.1, -0.05) is 18.6 Å². The zero-order chi connectivity index (χ0) is 11.4. The number of ether oxygens (including phenoxy) is 1. The van der Waals surface area contributed by atoms with Gasteiger partial charge in [0.1, 0.15) is 11.9 Å². The zero-order valence-electron chi connectivity index (χ0n) is 9.30. The second kappa shape index (κ2) is 5.32. The van der Waals surface area contributed by atoms with Gasteiger partial charge in [-0.05, 0) is 37.0 Å². The molecule has 1 saturated carbocycles. The number of aliphatic hydroxyl groups is 2. The van der Waals surface area contributed by atoms with Gasteiger partial charge in [-0.25, -0.2) is 0 Å². The fraction of sp³-hybridized carbons (Fsp3) is 0.538. The summed E-state index contributed by atoms with van der Waals surface area (Å²) in [5, 5.41) is 18.7. The molecule has 0 amide bonds. The van der Waals surface area contributed by atoms with E-state index in [0.717, 1.165) is 37.0 Å². The van der Waals surface area contributed by atoms with E-state index in [1.807, 2.05) is 24.3 Å². The molecule has 2 atom stereocenters. The van der Waals surface area contributed by atoms with E-state index >= 15 is 0 Å². The number of benzene rings is 1. The van der Waals surface area contributed by atoms with Crippen molar-refractivity contribution in [2.45, 2.75) is 44.5 Å². The van der Waals surface area contributed by atoms with Gasteiger partial charge in [0.15, 0.2) is 0 Å². The summed E-state index contributed by atoms with van der Waals surface area (Å²) in [6, 6.07) is 7.36. The van der Waals surface area contributed by atoms with Gasteiger partial charge in [0.05, 0.1) is 12.7 Å². The Morgan fingerprint density at radius 1 is 1.12 bits per heavy atom. The van der Waals surface area contributed by atoms with Crippen LogP contribution in [0.4, 0.5) is 0 Å². The third-order valence-corrected chi connectivity index (χ3v) is 3.06. The van der Waals surface area contributed by atoms with Gasteiger partial charge in [-0.3, -0.25) is 0 Å². The van der Waals surface area contributed by atoms with E-state index in [9.17, 15) is 5.11 Å². The van der Waals surface area contributed by atoms with E-state index in [-0.39, 0.29) is 18.8 Å². The molecule has 2 N–H and O–H groups in total. The van der Waals surface area contributed by atoms with Crippen LogP contribution in [0.25, 0.3) is 0 Å². The molecule has 3 heteroatoms. The molecule has 3 nitrogen and oxygen atoms in total. The van der Waals surface area contributed by atoms with Crippen molar-refractivity contribution in [3.05, 3.63) is 29.8 Å². The van der Waals surface area contributed by atoms with Crippen LogP contribution in [0.3, 0.4) is 0 Å². The fourth-order valence-electron chi connectivity index (χ4n) is 2.06. The third kappa shape index (κ3) is 2.74. The molecule has 1 aliphatic rings. The molecule has 1 aromatic carbocycles.